The molecule has 0 amide bonds. The van der Waals surface area contributed by atoms with E-state index in [0.29, 0.717) is 48.0 Å². The Morgan fingerprint density at radius 1 is 0.760 bits per heavy atom. The van der Waals surface area contributed by atoms with E-state index in [0.717, 1.165) is 62.1 Å². The Morgan fingerprint density at radius 2 is 1.42 bits per heavy atom. The number of methoxy groups -OCH3 is 1. The van der Waals surface area contributed by atoms with Gasteiger partial charge in [-0.1, -0.05) is 28.5 Å². The minimum atomic E-state index is 0. The third kappa shape index (κ3) is 11.6. The van der Waals surface area contributed by atoms with Crippen LogP contribution in [0.3, 0.4) is 0 Å². The van der Waals surface area contributed by atoms with Crippen LogP contribution >= 0.6 is 11.3 Å². The fraction of sp³-hybridized carbons (Fsp3) is 0.429. The van der Waals surface area contributed by atoms with E-state index >= 15 is 0 Å². The highest BCUT2D eigenvalue weighted by atomic mass is 79.9. The Labute approximate surface area is 331 Å². The van der Waals surface area contributed by atoms with Crippen LogP contribution in [0.5, 0.6) is 23.0 Å². The van der Waals surface area contributed by atoms with Crippen molar-refractivity contribution in [3.8, 4) is 45.2 Å². The second-order valence-electron chi connectivity index (χ2n) is 13.4. The lowest BCUT2D eigenvalue weighted by Crippen LogP contribution is -3.00. The van der Waals surface area contributed by atoms with Crippen molar-refractivity contribution in [3.05, 3.63) is 60.7 Å². The molecule has 2 heterocycles. The number of rotatable bonds is 16. The van der Waals surface area contributed by atoms with Crippen molar-refractivity contribution >= 4 is 21.6 Å². The highest BCUT2D eigenvalue weighted by Crippen LogP contribution is 2.33. The Kier molecular flexibility index (Phi) is 16.6. The van der Waals surface area contributed by atoms with Crippen LogP contribution in [0.4, 0.5) is 0 Å². The van der Waals surface area contributed by atoms with Crippen LogP contribution in [0.2, 0.25) is 0 Å². The van der Waals surface area contributed by atoms with Gasteiger partial charge in [-0.25, -0.2) is 0 Å². The van der Waals surface area contributed by atoms with E-state index in [1.807, 2.05) is 67.6 Å². The van der Waals surface area contributed by atoms with Gasteiger partial charge >= 0.3 is 5.13 Å². The van der Waals surface area contributed by atoms with Gasteiger partial charge in [-0.15, -0.1) is 0 Å². The first-order chi connectivity index (χ1) is 22.4. The summed E-state index contributed by atoms with van der Waals surface area (Å²) in [6.45, 7) is 5.78. The molecule has 2 aromatic heterocycles. The number of aromatic nitrogens is 5. The van der Waals surface area contributed by atoms with Crippen molar-refractivity contribution in [2.75, 3.05) is 82.3 Å². The van der Waals surface area contributed by atoms with E-state index in [4.69, 9.17) is 34.1 Å². The fourth-order valence-corrected chi connectivity index (χ4v) is 5.96. The SMILES string of the molecule is CCOc1ccc2nc(-[n+]3nc(-c4ccc(OCCC[N+](C)(C)C)c(OC)c4)nn3-c3ccccc3OCCC[N+](C)(C)C)sc2c1.[Br-].[Br-].[Br-]. The first-order valence-electron chi connectivity index (χ1n) is 16.0. The molecule has 0 saturated carbocycles. The molecule has 11 nitrogen and oxygen atoms in total. The van der Waals surface area contributed by atoms with Gasteiger partial charge in [-0.3, -0.25) is 0 Å². The molecule has 5 aromatic rings. The topological polar surface area (TPSA) is 84.4 Å². The number of quaternary nitrogens is 2. The number of fused-ring (bicyclic) bond motifs is 1. The van der Waals surface area contributed by atoms with Crippen LogP contribution in [0.1, 0.15) is 19.8 Å². The Bertz CT molecular complexity index is 1810. The Balaban J connectivity index is 0.00000289. The summed E-state index contributed by atoms with van der Waals surface area (Å²) in [5.41, 5.74) is 2.40. The molecule has 0 unspecified atom stereocenters. The molecular formula is C35H48Br3N7O4S. The molecule has 0 aliphatic carbocycles. The van der Waals surface area contributed by atoms with Gasteiger partial charge < -0.3 is 78.9 Å². The lowest BCUT2D eigenvalue weighted by Gasteiger charge is -2.23. The van der Waals surface area contributed by atoms with Gasteiger partial charge in [0.1, 0.15) is 11.5 Å². The van der Waals surface area contributed by atoms with Crippen molar-refractivity contribution in [1.82, 2.24) is 20.0 Å². The van der Waals surface area contributed by atoms with E-state index in [2.05, 4.69) is 42.3 Å². The zero-order valence-electron chi connectivity index (χ0n) is 30.0. The highest BCUT2D eigenvalue weighted by Gasteiger charge is 2.27. The van der Waals surface area contributed by atoms with E-state index < -0.39 is 0 Å². The van der Waals surface area contributed by atoms with Crippen LogP contribution in [-0.2, 0) is 0 Å². The summed E-state index contributed by atoms with van der Waals surface area (Å²) in [5.74, 6) is 3.35. The van der Waals surface area contributed by atoms with Gasteiger partial charge in [0.15, 0.2) is 22.7 Å². The summed E-state index contributed by atoms with van der Waals surface area (Å²) in [5, 5.41) is 10.7. The molecule has 15 heteroatoms. The predicted octanol–water partition coefficient (Wildman–Crippen LogP) is -3.81. The first kappa shape index (κ1) is 43.3. The number of thiazole rings is 1. The minimum absolute atomic E-state index is 0. The molecule has 3 aromatic carbocycles. The standard InChI is InChI=1S/C35H48N7O4S.3BrH/c1-9-44-27-17-18-28-33(25-27)47-35(36-28)40-38-34(26-16-19-31(32(24-26)43-8)46-23-13-21-42(5,6)7)37-39(40)29-14-10-11-15-30(29)45-22-12-20-41(2,3)4;;;/h10-11,14-19,24-25H,9,12-13,20-23H2,1-8H3;3*1H/q+3;;;/p-3. The zero-order chi connectivity index (χ0) is 33.6. The largest absolute Gasteiger partial charge is 1.00 e. The molecule has 0 bridgehead atoms. The summed E-state index contributed by atoms with van der Waals surface area (Å²) >= 11 is 1.52. The molecule has 5 rings (SSSR count). The summed E-state index contributed by atoms with van der Waals surface area (Å²) < 4.78 is 26.7. The number of hydrogen-bond acceptors (Lipinski definition) is 8. The first-order valence-corrected chi connectivity index (χ1v) is 16.8. The number of halogens is 3. The maximum absolute atomic E-state index is 6.33. The summed E-state index contributed by atoms with van der Waals surface area (Å²) in [4.78, 5) is 8.42. The van der Waals surface area contributed by atoms with Crippen LogP contribution in [0, 0.1) is 0 Å². The van der Waals surface area contributed by atoms with Gasteiger partial charge in [0.05, 0.1) is 87.0 Å². The minimum Gasteiger partial charge on any atom is -1.00 e. The van der Waals surface area contributed by atoms with Gasteiger partial charge in [0, 0.05) is 29.6 Å². The van der Waals surface area contributed by atoms with Crippen molar-refractivity contribution in [3.63, 3.8) is 0 Å². The van der Waals surface area contributed by atoms with E-state index in [1.165, 1.54) is 11.3 Å². The molecule has 0 saturated heterocycles. The molecule has 274 valence electrons. The average molecular weight is 903 g/mol. The van der Waals surface area contributed by atoms with Crippen LogP contribution in [0.15, 0.2) is 60.7 Å². The number of ether oxygens (including phenoxy) is 4. The van der Waals surface area contributed by atoms with Crippen molar-refractivity contribution in [2.24, 2.45) is 0 Å². The molecule has 0 aliphatic heterocycles. The summed E-state index contributed by atoms with van der Waals surface area (Å²) in [6.07, 6.45) is 1.86. The molecule has 0 aliphatic rings. The van der Waals surface area contributed by atoms with Gasteiger partial charge in [0.2, 0.25) is 0 Å². The third-order valence-corrected chi connectivity index (χ3v) is 8.34. The van der Waals surface area contributed by atoms with Crippen LogP contribution in [-0.4, -0.2) is 111 Å². The predicted molar refractivity (Wildman–Crippen MR) is 185 cm³/mol. The molecule has 0 radical (unpaired) electrons. The van der Waals surface area contributed by atoms with Crippen LogP contribution in [0.25, 0.3) is 32.4 Å². The van der Waals surface area contributed by atoms with Crippen molar-refractivity contribution < 1.29 is 83.7 Å². The number of para-hydroxylation sites is 2. The molecule has 50 heavy (non-hydrogen) atoms. The van der Waals surface area contributed by atoms with E-state index in [9.17, 15) is 0 Å². The Morgan fingerprint density at radius 3 is 2.06 bits per heavy atom. The van der Waals surface area contributed by atoms with Crippen LogP contribution < -0.4 is 74.7 Å². The summed E-state index contributed by atoms with van der Waals surface area (Å²) in [7, 11) is 14.7. The van der Waals surface area contributed by atoms with E-state index in [-0.39, 0.29) is 50.9 Å². The molecule has 0 N–H and O–H groups in total. The lowest BCUT2D eigenvalue weighted by atomic mass is 10.2. The third-order valence-electron chi connectivity index (χ3n) is 7.35. The second-order valence-corrected chi connectivity index (χ2v) is 14.4. The quantitative estimate of drug-likeness (QED) is 0.0572. The molecular weight excluding hydrogens is 854 g/mol. The average Bonchev–Trinajstić information content (AvgIpc) is 3.65. The normalized spacial score (nSPS) is 11.3. The monoisotopic (exact) mass is 899 g/mol. The maximum Gasteiger partial charge on any atom is 0.365 e. The molecule has 0 spiro atoms. The van der Waals surface area contributed by atoms with Crippen molar-refractivity contribution in [1.29, 1.82) is 0 Å². The van der Waals surface area contributed by atoms with Gasteiger partial charge in [-0.05, 0) is 64.1 Å². The highest BCUT2D eigenvalue weighted by molar-refractivity contribution is 7.20. The molecule has 0 fully saturated rings. The number of benzene rings is 3. The summed E-state index contributed by atoms with van der Waals surface area (Å²) in [6, 6.07) is 19.6. The van der Waals surface area contributed by atoms with Crippen molar-refractivity contribution in [2.45, 2.75) is 19.8 Å². The Hall–Kier alpha value is -2.82. The number of tetrazole rings is 1. The second kappa shape index (κ2) is 19.1. The number of hydrogen-bond donors (Lipinski definition) is 0. The number of nitrogens with zero attached hydrogens (tertiary/aromatic N) is 7. The maximum atomic E-state index is 6.33. The van der Waals surface area contributed by atoms with E-state index in [1.54, 1.807) is 16.7 Å². The van der Waals surface area contributed by atoms with Gasteiger partial charge in [0.25, 0.3) is 5.82 Å². The van der Waals surface area contributed by atoms with Gasteiger partial charge in [-0.2, -0.15) is 0 Å². The fourth-order valence-electron chi connectivity index (χ4n) is 5.03. The smallest absolute Gasteiger partial charge is 0.365 e. The lowest BCUT2D eigenvalue weighted by molar-refractivity contribution is -0.870. The zero-order valence-corrected chi connectivity index (χ0v) is 35.6. The molecule has 0 atom stereocenters.